The van der Waals surface area contributed by atoms with Gasteiger partial charge in [-0.1, -0.05) is 27.7 Å². The molecule has 122 valence electrons. The van der Waals surface area contributed by atoms with Crippen LogP contribution in [-0.2, 0) is 4.79 Å². The van der Waals surface area contributed by atoms with Crippen LogP contribution in [-0.4, -0.2) is 48.4 Å². The summed E-state index contributed by atoms with van der Waals surface area (Å²) < 4.78 is 0. The van der Waals surface area contributed by atoms with Gasteiger partial charge in [0.1, 0.15) is 0 Å². The molecule has 3 heteroatoms. The molecule has 1 unspecified atom stereocenters. The van der Waals surface area contributed by atoms with Gasteiger partial charge >= 0.3 is 0 Å². The third kappa shape index (κ3) is 4.98. The molecule has 2 aliphatic rings. The summed E-state index contributed by atoms with van der Waals surface area (Å²) in [6.45, 7) is 14.1. The first-order valence-corrected chi connectivity index (χ1v) is 8.95. The van der Waals surface area contributed by atoms with Gasteiger partial charge in [0.2, 0.25) is 5.91 Å². The highest BCUT2D eigenvalue weighted by molar-refractivity contribution is 5.78. The number of hydrogen-bond donors (Lipinski definition) is 0. The van der Waals surface area contributed by atoms with E-state index in [1.807, 2.05) is 0 Å². The molecule has 0 radical (unpaired) electrons. The number of hydrogen-bond acceptors (Lipinski definition) is 2. The summed E-state index contributed by atoms with van der Waals surface area (Å²) in [5.41, 5.74) is 0. The number of carbonyl (C=O) groups excluding carboxylic acids is 1. The van der Waals surface area contributed by atoms with Crippen molar-refractivity contribution >= 4 is 5.91 Å². The highest BCUT2D eigenvalue weighted by Gasteiger charge is 2.28. The van der Waals surface area contributed by atoms with Crippen LogP contribution in [0.5, 0.6) is 0 Å². The molecular formula is C18H34N2O. The zero-order valence-corrected chi connectivity index (χ0v) is 14.5. The van der Waals surface area contributed by atoms with Gasteiger partial charge in [-0.25, -0.2) is 0 Å². The van der Waals surface area contributed by atoms with Crippen molar-refractivity contribution < 1.29 is 4.79 Å². The molecule has 2 heterocycles. The fourth-order valence-electron chi connectivity index (χ4n) is 4.02. The zero-order chi connectivity index (χ0) is 15.4. The summed E-state index contributed by atoms with van der Waals surface area (Å²) in [7, 11) is 0. The topological polar surface area (TPSA) is 23.6 Å². The largest absolute Gasteiger partial charge is 0.342 e. The maximum Gasteiger partial charge on any atom is 0.236 e. The van der Waals surface area contributed by atoms with E-state index in [-0.39, 0.29) is 0 Å². The second kappa shape index (κ2) is 7.62. The van der Waals surface area contributed by atoms with E-state index < -0.39 is 0 Å². The molecule has 0 bridgehead atoms. The van der Waals surface area contributed by atoms with Gasteiger partial charge in [-0.05, 0) is 55.9 Å². The molecule has 1 amide bonds. The molecule has 21 heavy (non-hydrogen) atoms. The van der Waals surface area contributed by atoms with Crippen molar-refractivity contribution in [2.24, 2.45) is 23.7 Å². The van der Waals surface area contributed by atoms with Gasteiger partial charge in [-0.2, -0.15) is 0 Å². The second-order valence-corrected chi connectivity index (χ2v) is 7.98. The van der Waals surface area contributed by atoms with E-state index in [1.54, 1.807) is 0 Å². The van der Waals surface area contributed by atoms with E-state index >= 15 is 0 Å². The van der Waals surface area contributed by atoms with Gasteiger partial charge in [0.05, 0.1) is 6.54 Å². The molecule has 0 aromatic rings. The lowest BCUT2D eigenvalue weighted by molar-refractivity contribution is -0.133. The predicted octanol–water partition coefficient (Wildman–Crippen LogP) is 3.25. The number of nitrogens with zero attached hydrogens (tertiary/aromatic N) is 2. The van der Waals surface area contributed by atoms with Crippen LogP contribution >= 0.6 is 0 Å². The molecule has 0 saturated carbocycles. The monoisotopic (exact) mass is 294 g/mol. The molecule has 2 aliphatic heterocycles. The van der Waals surface area contributed by atoms with E-state index in [1.165, 1.54) is 25.7 Å². The van der Waals surface area contributed by atoms with Gasteiger partial charge in [0, 0.05) is 19.6 Å². The zero-order valence-electron chi connectivity index (χ0n) is 14.5. The van der Waals surface area contributed by atoms with Gasteiger partial charge < -0.3 is 4.90 Å². The summed E-state index contributed by atoms with van der Waals surface area (Å²) in [5.74, 6) is 3.53. The van der Waals surface area contributed by atoms with Crippen LogP contribution in [0.3, 0.4) is 0 Å². The molecule has 0 aromatic carbocycles. The minimum Gasteiger partial charge on any atom is -0.342 e. The van der Waals surface area contributed by atoms with Crippen LogP contribution in [0.1, 0.15) is 53.4 Å². The molecule has 2 rings (SSSR count). The third-order valence-electron chi connectivity index (χ3n) is 5.37. The van der Waals surface area contributed by atoms with Crippen molar-refractivity contribution in [3.8, 4) is 0 Å². The third-order valence-corrected chi connectivity index (χ3v) is 5.37. The van der Waals surface area contributed by atoms with Crippen LogP contribution < -0.4 is 0 Å². The fraction of sp³-hybridized carbons (Fsp3) is 0.944. The summed E-state index contributed by atoms with van der Waals surface area (Å²) >= 11 is 0. The Balaban J connectivity index is 1.71. The molecule has 3 nitrogen and oxygen atoms in total. The molecule has 2 fully saturated rings. The molecule has 0 N–H and O–H groups in total. The molecule has 0 aromatic heterocycles. The Bertz CT molecular complexity index is 332. The van der Waals surface area contributed by atoms with Gasteiger partial charge in [0.15, 0.2) is 0 Å². The van der Waals surface area contributed by atoms with E-state index in [4.69, 9.17) is 0 Å². The Morgan fingerprint density at radius 1 is 1.05 bits per heavy atom. The first kappa shape index (κ1) is 16.8. The van der Waals surface area contributed by atoms with E-state index in [0.717, 1.165) is 49.9 Å². The summed E-state index contributed by atoms with van der Waals surface area (Å²) in [6, 6.07) is 0. The van der Waals surface area contributed by atoms with E-state index in [0.29, 0.717) is 12.5 Å². The first-order chi connectivity index (χ1) is 9.95. The molecule has 1 atom stereocenters. The smallest absolute Gasteiger partial charge is 0.236 e. The average Bonchev–Trinajstić information content (AvgIpc) is 2.85. The number of piperidine rings is 1. The van der Waals surface area contributed by atoms with E-state index in [2.05, 4.69) is 37.5 Å². The van der Waals surface area contributed by atoms with Crippen LogP contribution in [0.15, 0.2) is 0 Å². The van der Waals surface area contributed by atoms with Gasteiger partial charge in [-0.3, -0.25) is 9.69 Å². The van der Waals surface area contributed by atoms with Crippen molar-refractivity contribution in [1.29, 1.82) is 0 Å². The van der Waals surface area contributed by atoms with Crippen LogP contribution in [0.25, 0.3) is 0 Å². The lowest BCUT2D eigenvalue weighted by atomic mass is 9.87. The molecular weight excluding hydrogens is 260 g/mol. The number of likely N-dealkylation sites (tertiary alicyclic amines) is 2. The highest BCUT2D eigenvalue weighted by atomic mass is 16.2. The van der Waals surface area contributed by atoms with Crippen LogP contribution in [0, 0.1) is 23.7 Å². The van der Waals surface area contributed by atoms with Gasteiger partial charge in [0.25, 0.3) is 0 Å². The average molecular weight is 294 g/mol. The molecule has 0 spiro atoms. The van der Waals surface area contributed by atoms with Gasteiger partial charge in [-0.15, -0.1) is 0 Å². The lowest BCUT2D eigenvalue weighted by Gasteiger charge is -2.34. The Labute approximate surface area is 131 Å². The molecule has 2 saturated heterocycles. The lowest BCUT2D eigenvalue weighted by Crippen LogP contribution is -2.44. The van der Waals surface area contributed by atoms with Crippen LogP contribution in [0.4, 0.5) is 0 Å². The van der Waals surface area contributed by atoms with Crippen molar-refractivity contribution in [2.75, 3.05) is 32.7 Å². The second-order valence-electron chi connectivity index (χ2n) is 7.98. The standard InChI is InChI=1S/C18H34N2O/c1-14(2)11-16-5-8-19(12-16)13-18(21)20-9-6-17(7-10-20)15(3)4/h14-17H,5-13H2,1-4H3. The normalized spacial score (nSPS) is 25.2. The minimum atomic E-state index is 0.363. The number of rotatable bonds is 5. The molecule has 0 aliphatic carbocycles. The summed E-state index contributed by atoms with van der Waals surface area (Å²) in [5, 5.41) is 0. The Morgan fingerprint density at radius 2 is 1.71 bits per heavy atom. The van der Waals surface area contributed by atoms with E-state index in [9.17, 15) is 4.79 Å². The van der Waals surface area contributed by atoms with Crippen molar-refractivity contribution in [2.45, 2.75) is 53.4 Å². The fourth-order valence-corrected chi connectivity index (χ4v) is 4.02. The highest BCUT2D eigenvalue weighted by Crippen LogP contribution is 2.26. The summed E-state index contributed by atoms with van der Waals surface area (Å²) in [6.07, 6.45) is 4.98. The summed E-state index contributed by atoms with van der Waals surface area (Å²) in [4.78, 5) is 16.9. The van der Waals surface area contributed by atoms with Crippen LogP contribution in [0.2, 0.25) is 0 Å². The van der Waals surface area contributed by atoms with Crippen molar-refractivity contribution in [3.63, 3.8) is 0 Å². The Kier molecular flexibility index (Phi) is 6.09. The first-order valence-electron chi connectivity index (χ1n) is 8.95. The Hall–Kier alpha value is -0.570. The number of carbonyl (C=O) groups is 1. The van der Waals surface area contributed by atoms with Crippen molar-refractivity contribution in [1.82, 2.24) is 9.80 Å². The minimum absolute atomic E-state index is 0.363. The van der Waals surface area contributed by atoms with Crippen molar-refractivity contribution in [3.05, 3.63) is 0 Å². The maximum absolute atomic E-state index is 12.4. The Morgan fingerprint density at radius 3 is 2.29 bits per heavy atom. The quantitative estimate of drug-likeness (QED) is 0.777. The SMILES string of the molecule is CC(C)CC1CCN(CC(=O)N2CCC(C(C)C)CC2)C1. The predicted molar refractivity (Wildman–Crippen MR) is 88.1 cm³/mol. The maximum atomic E-state index is 12.4. The number of amides is 1.